The van der Waals surface area contributed by atoms with Crippen molar-refractivity contribution in [1.82, 2.24) is 34.6 Å². The molecule has 0 aliphatic rings. The fraction of sp³-hybridized carbons (Fsp3) is 0.185. The van der Waals surface area contributed by atoms with Crippen LogP contribution in [0.2, 0.25) is 0 Å². The van der Waals surface area contributed by atoms with E-state index in [-0.39, 0.29) is 11.6 Å². The molecule has 4 aromatic heterocycles. The van der Waals surface area contributed by atoms with Crippen LogP contribution in [-0.2, 0) is 13.1 Å². The molecule has 0 fully saturated rings. The van der Waals surface area contributed by atoms with Gasteiger partial charge in [-0.2, -0.15) is 5.10 Å². The van der Waals surface area contributed by atoms with E-state index in [9.17, 15) is 9.59 Å². The maximum atomic E-state index is 13.4. The maximum absolute atomic E-state index is 13.4. The predicted molar refractivity (Wildman–Crippen MR) is 154 cm³/mol. The fourth-order valence-electron chi connectivity index (χ4n) is 4.88. The Hall–Kier alpha value is -4.84. The van der Waals surface area contributed by atoms with Crippen molar-refractivity contribution in [1.29, 1.82) is 0 Å². The lowest BCUT2D eigenvalue weighted by atomic mass is 10.1. The second-order valence-corrected chi connectivity index (χ2v) is 10.1. The molecule has 0 radical (unpaired) electrons. The van der Waals surface area contributed by atoms with Crippen LogP contribution in [-0.4, -0.2) is 42.4 Å². The summed E-state index contributed by atoms with van der Waals surface area (Å²) in [7, 11) is 1.55. The summed E-state index contributed by atoms with van der Waals surface area (Å²) < 4.78 is 4.42. The standard InChI is InChI=1S/C27H25N9O2S/c1-4-35-17(10-15-7-5-6-14(2)20(15)25(35)37)12-36-24-21(23(28)30-13-31-24)22(34-36)16-8-9-18-19(11-16)39-27(32-18)33-26(38)29-3/h5-11,13H,4,12H2,1-3H3,(H2,28,30,31)(H2,29,32,33,38). The van der Waals surface area contributed by atoms with Gasteiger partial charge in [0.25, 0.3) is 5.56 Å². The largest absolute Gasteiger partial charge is 0.383 e. The van der Waals surface area contributed by atoms with Gasteiger partial charge in [0.2, 0.25) is 0 Å². The topological polar surface area (TPSA) is 146 Å². The van der Waals surface area contributed by atoms with Crippen molar-refractivity contribution in [2.75, 3.05) is 18.1 Å². The zero-order valence-corrected chi connectivity index (χ0v) is 22.3. The molecule has 0 aliphatic heterocycles. The molecule has 0 aliphatic carbocycles. The maximum Gasteiger partial charge on any atom is 0.320 e. The van der Waals surface area contributed by atoms with Crippen LogP contribution < -0.4 is 21.9 Å². The molecule has 0 spiro atoms. The molecule has 196 valence electrons. The fourth-order valence-corrected chi connectivity index (χ4v) is 5.78. The number of hydrogen-bond acceptors (Lipinski definition) is 8. The van der Waals surface area contributed by atoms with E-state index in [1.807, 2.05) is 56.3 Å². The molecule has 11 nitrogen and oxygen atoms in total. The van der Waals surface area contributed by atoms with E-state index >= 15 is 0 Å². The molecule has 4 heterocycles. The van der Waals surface area contributed by atoms with Crippen LogP contribution in [0.15, 0.2) is 53.6 Å². The Labute approximate surface area is 226 Å². The number of hydrogen-bond donors (Lipinski definition) is 3. The molecule has 12 heteroatoms. The van der Waals surface area contributed by atoms with Crippen molar-refractivity contribution in [3.05, 3.63) is 70.4 Å². The first-order valence-corrected chi connectivity index (χ1v) is 13.2. The molecule has 0 atom stereocenters. The van der Waals surface area contributed by atoms with Crippen LogP contribution in [0.3, 0.4) is 0 Å². The number of pyridine rings is 1. The number of aryl methyl sites for hydroxylation is 1. The minimum atomic E-state index is -0.335. The van der Waals surface area contributed by atoms with Gasteiger partial charge in [-0.3, -0.25) is 10.1 Å². The van der Waals surface area contributed by atoms with E-state index in [1.165, 1.54) is 17.7 Å². The monoisotopic (exact) mass is 539 g/mol. The minimum absolute atomic E-state index is 0.0225. The quantitative estimate of drug-likeness (QED) is 0.299. The zero-order valence-electron chi connectivity index (χ0n) is 21.5. The second-order valence-electron chi connectivity index (χ2n) is 9.09. The highest BCUT2D eigenvalue weighted by molar-refractivity contribution is 7.22. The van der Waals surface area contributed by atoms with E-state index in [1.54, 1.807) is 16.3 Å². The van der Waals surface area contributed by atoms with Crippen LogP contribution in [0.1, 0.15) is 18.2 Å². The Balaban J connectivity index is 1.48. The number of benzene rings is 2. The van der Waals surface area contributed by atoms with E-state index in [0.717, 1.165) is 37.8 Å². The van der Waals surface area contributed by atoms with Crippen LogP contribution in [0.25, 0.3) is 43.3 Å². The van der Waals surface area contributed by atoms with E-state index in [4.69, 9.17) is 10.8 Å². The molecule has 0 saturated carbocycles. The van der Waals surface area contributed by atoms with Crippen LogP contribution in [0.5, 0.6) is 0 Å². The summed E-state index contributed by atoms with van der Waals surface area (Å²) in [5.41, 5.74) is 10.8. The number of aromatic nitrogens is 6. The number of nitrogens with zero attached hydrogens (tertiary/aromatic N) is 6. The van der Waals surface area contributed by atoms with Gasteiger partial charge in [0.05, 0.1) is 27.5 Å². The van der Waals surface area contributed by atoms with Crippen molar-refractivity contribution in [2.24, 2.45) is 0 Å². The zero-order chi connectivity index (χ0) is 27.3. The molecule has 0 saturated heterocycles. The first kappa shape index (κ1) is 24.5. The molecule has 2 aromatic carbocycles. The Morgan fingerprint density at radius 1 is 1.13 bits per heavy atom. The number of nitrogen functional groups attached to an aromatic ring is 1. The second kappa shape index (κ2) is 9.48. The average Bonchev–Trinajstić information content (AvgIpc) is 3.49. The number of carbonyl (C=O) groups is 1. The van der Waals surface area contributed by atoms with Gasteiger partial charge in [0.1, 0.15) is 17.8 Å². The van der Waals surface area contributed by atoms with Gasteiger partial charge in [0, 0.05) is 24.8 Å². The van der Waals surface area contributed by atoms with Crippen LogP contribution in [0.4, 0.5) is 15.7 Å². The number of nitrogens with one attached hydrogen (secondary N) is 2. The highest BCUT2D eigenvalue weighted by Gasteiger charge is 2.20. The van der Waals surface area contributed by atoms with Crippen LogP contribution >= 0.6 is 11.3 Å². The molecule has 39 heavy (non-hydrogen) atoms. The van der Waals surface area contributed by atoms with Gasteiger partial charge in [-0.25, -0.2) is 24.4 Å². The van der Waals surface area contributed by atoms with E-state index in [2.05, 4.69) is 25.6 Å². The highest BCUT2D eigenvalue weighted by Crippen LogP contribution is 2.34. The molecule has 4 N–H and O–H groups in total. The number of carbonyl (C=O) groups excluding carboxylic acids is 1. The van der Waals surface area contributed by atoms with Gasteiger partial charge in [-0.1, -0.05) is 35.6 Å². The molecule has 2 amide bonds. The summed E-state index contributed by atoms with van der Waals surface area (Å²) in [6, 6.07) is 13.3. The Bertz CT molecular complexity index is 1970. The van der Waals surface area contributed by atoms with Crippen molar-refractivity contribution < 1.29 is 4.79 Å². The van der Waals surface area contributed by atoms with Gasteiger partial charge in [-0.05, 0) is 43.0 Å². The molecule has 6 rings (SSSR count). The Kier molecular flexibility index (Phi) is 5.95. The minimum Gasteiger partial charge on any atom is -0.383 e. The van der Waals surface area contributed by atoms with Crippen molar-refractivity contribution in [3.8, 4) is 11.3 Å². The van der Waals surface area contributed by atoms with E-state index in [0.29, 0.717) is 40.8 Å². The Morgan fingerprint density at radius 3 is 2.77 bits per heavy atom. The lowest BCUT2D eigenvalue weighted by Gasteiger charge is -2.14. The molecular formula is C27H25N9O2S. The first-order chi connectivity index (χ1) is 18.9. The number of urea groups is 1. The molecule has 0 bridgehead atoms. The summed E-state index contributed by atoms with van der Waals surface area (Å²) in [5.74, 6) is 0.314. The smallest absolute Gasteiger partial charge is 0.320 e. The van der Waals surface area contributed by atoms with Gasteiger partial charge >= 0.3 is 6.03 Å². The summed E-state index contributed by atoms with van der Waals surface area (Å²) in [4.78, 5) is 38.3. The number of fused-ring (bicyclic) bond motifs is 3. The number of rotatable bonds is 5. The summed E-state index contributed by atoms with van der Waals surface area (Å²) >= 11 is 1.36. The molecule has 0 unspecified atom stereocenters. The van der Waals surface area contributed by atoms with Crippen molar-refractivity contribution >= 4 is 60.3 Å². The SMILES string of the molecule is CCn1c(Cn2nc(-c3ccc4nc(NC(=O)NC)sc4c3)c3c(N)ncnc32)cc2cccc(C)c2c1=O. The first-order valence-electron chi connectivity index (χ1n) is 12.4. The molecular weight excluding hydrogens is 514 g/mol. The highest BCUT2D eigenvalue weighted by atomic mass is 32.1. The van der Waals surface area contributed by atoms with Gasteiger partial charge in [-0.15, -0.1) is 0 Å². The third-order valence-corrected chi connectivity index (χ3v) is 7.66. The number of nitrogens with two attached hydrogens (primary N) is 1. The lowest BCUT2D eigenvalue weighted by molar-refractivity contribution is 0.254. The van der Waals surface area contributed by atoms with E-state index < -0.39 is 0 Å². The summed E-state index contributed by atoms with van der Waals surface area (Å²) in [6.07, 6.45) is 1.42. The summed E-state index contributed by atoms with van der Waals surface area (Å²) in [6.45, 7) is 4.76. The Morgan fingerprint density at radius 2 is 1.97 bits per heavy atom. The number of thiazole rings is 1. The predicted octanol–water partition coefficient (Wildman–Crippen LogP) is 4.13. The number of amides is 2. The average molecular weight is 540 g/mol. The van der Waals surface area contributed by atoms with Gasteiger partial charge in [0.15, 0.2) is 10.8 Å². The normalized spacial score (nSPS) is 11.5. The third-order valence-electron chi connectivity index (χ3n) is 6.73. The summed E-state index contributed by atoms with van der Waals surface area (Å²) in [5, 5.41) is 12.9. The lowest BCUT2D eigenvalue weighted by Crippen LogP contribution is -2.25. The van der Waals surface area contributed by atoms with Gasteiger partial charge < -0.3 is 15.6 Å². The third kappa shape index (κ3) is 4.14. The van der Waals surface area contributed by atoms with Crippen LogP contribution in [0, 0.1) is 6.92 Å². The number of anilines is 2. The van der Waals surface area contributed by atoms with Crippen molar-refractivity contribution in [3.63, 3.8) is 0 Å². The van der Waals surface area contributed by atoms with Crippen molar-refractivity contribution in [2.45, 2.75) is 26.9 Å². The molecule has 6 aromatic rings.